The van der Waals surface area contributed by atoms with Crippen LogP contribution in [0.4, 0.5) is 13.2 Å². The van der Waals surface area contributed by atoms with Gasteiger partial charge in [-0.05, 0) is 58.8 Å². The maximum atomic E-state index is 13.3. The fraction of sp³-hybridized carbons (Fsp3) is 0.200. The Morgan fingerprint density at radius 3 is 2.59 bits per heavy atom. The Labute approximate surface area is 168 Å². The minimum absolute atomic E-state index is 0.00960. The van der Waals surface area contributed by atoms with E-state index in [0.29, 0.717) is 14.8 Å². The van der Waals surface area contributed by atoms with Crippen molar-refractivity contribution in [2.45, 2.75) is 26.1 Å². The molecule has 0 spiro atoms. The molecule has 0 amide bonds. The number of aromatic nitrogens is 2. The minimum Gasteiger partial charge on any atom is -0.294 e. The molecular formula is C20H16F3IN2O. The Balaban J connectivity index is 1.78. The Morgan fingerprint density at radius 1 is 1.15 bits per heavy atom. The van der Waals surface area contributed by atoms with E-state index in [4.69, 9.17) is 0 Å². The molecule has 0 aliphatic rings. The van der Waals surface area contributed by atoms with Crippen molar-refractivity contribution < 1.29 is 18.0 Å². The van der Waals surface area contributed by atoms with Crippen molar-refractivity contribution in [3.63, 3.8) is 0 Å². The molecule has 1 heterocycles. The van der Waals surface area contributed by atoms with Gasteiger partial charge < -0.3 is 0 Å². The maximum absolute atomic E-state index is 13.3. The second-order valence-electron chi connectivity index (χ2n) is 6.22. The third kappa shape index (κ3) is 4.77. The van der Waals surface area contributed by atoms with Crippen molar-refractivity contribution >= 4 is 28.4 Å². The molecule has 2 aromatic carbocycles. The Morgan fingerprint density at radius 2 is 1.89 bits per heavy atom. The van der Waals surface area contributed by atoms with Crippen LogP contribution in [0.15, 0.2) is 54.7 Å². The van der Waals surface area contributed by atoms with Crippen molar-refractivity contribution in [1.29, 1.82) is 0 Å². The summed E-state index contributed by atoms with van der Waals surface area (Å²) in [6.45, 7) is 1.85. The van der Waals surface area contributed by atoms with Crippen LogP contribution in [0.5, 0.6) is 0 Å². The molecule has 0 saturated heterocycles. The van der Waals surface area contributed by atoms with E-state index in [0.717, 1.165) is 11.6 Å². The van der Waals surface area contributed by atoms with E-state index in [1.165, 1.54) is 10.7 Å². The van der Waals surface area contributed by atoms with Crippen LogP contribution >= 0.6 is 22.6 Å². The lowest BCUT2D eigenvalue weighted by Gasteiger charge is -2.13. The molecule has 0 aliphatic heterocycles. The summed E-state index contributed by atoms with van der Waals surface area (Å²) >= 11 is 1.86. The molecule has 1 aromatic heterocycles. The van der Waals surface area contributed by atoms with Gasteiger partial charge >= 0.3 is 6.18 Å². The Kier molecular flexibility index (Phi) is 5.69. The van der Waals surface area contributed by atoms with Crippen LogP contribution < -0.4 is 0 Å². The van der Waals surface area contributed by atoms with E-state index in [-0.39, 0.29) is 24.3 Å². The minimum atomic E-state index is -4.42. The number of halogens is 4. The standard InChI is InChI=1S/C20H16F3IN2O/c1-13-4-2-3-5-17(13)19(27)11-16-8-9-26(25-16)12-14-6-7-15(24)10-18(14)20(21,22)23/h2-10H,11-12H2,1H3. The predicted molar refractivity (Wildman–Crippen MR) is 105 cm³/mol. The van der Waals surface area contributed by atoms with Gasteiger partial charge in [0.2, 0.25) is 0 Å². The molecule has 140 valence electrons. The van der Waals surface area contributed by atoms with Gasteiger partial charge in [0.05, 0.1) is 24.2 Å². The van der Waals surface area contributed by atoms with Crippen LogP contribution in [-0.4, -0.2) is 15.6 Å². The predicted octanol–water partition coefficient (Wildman–Crippen LogP) is 5.29. The number of nitrogens with zero attached hydrogens (tertiary/aromatic N) is 2. The summed E-state index contributed by atoms with van der Waals surface area (Å²) in [5.41, 5.74) is 1.52. The van der Waals surface area contributed by atoms with E-state index in [2.05, 4.69) is 5.10 Å². The molecular weight excluding hydrogens is 468 g/mol. The lowest BCUT2D eigenvalue weighted by molar-refractivity contribution is -0.138. The van der Waals surface area contributed by atoms with Crippen LogP contribution in [0.3, 0.4) is 0 Å². The number of aryl methyl sites for hydroxylation is 1. The average molecular weight is 484 g/mol. The van der Waals surface area contributed by atoms with Crippen LogP contribution in [0.1, 0.15) is 32.7 Å². The number of ketones is 1. The first-order chi connectivity index (χ1) is 12.7. The first kappa shape index (κ1) is 19.6. The van der Waals surface area contributed by atoms with Crippen molar-refractivity contribution in [3.05, 3.63) is 86.2 Å². The smallest absolute Gasteiger partial charge is 0.294 e. The summed E-state index contributed by atoms with van der Waals surface area (Å²) in [6.07, 6.45) is -2.72. The summed E-state index contributed by atoms with van der Waals surface area (Å²) < 4.78 is 41.7. The Hall–Kier alpha value is -2.16. The summed E-state index contributed by atoms with van der Waals surface area (Å²) in [5.74, 6) is -0.0661. The number of carbonyl (C=O) groups excluding carboxylic acids is 1. The Bertz CT molecular complexity index is 979. The highest BCUT2D eigenvalue weighted by Crippen LogP contribution is 2.33. The van der Waals surface area contributed by atoms with E-state index in [1.807, 2.05) is 41.6 Å². The molecule has 0 saturated carbocycles. The van der Waals surface area contributed by atoms with Crippen LogP contribution in [0.2, 0.25) is 0 Å². The van der Waals surface area contributed by atoms with Crippen molar-refractivity contribution in [2.75, 3.05) is 0 Å². The van der Waals surface area contributed by atoms with Crippen LogP contribution in [0.25, 0.3) is 0 Å². The van der Waals surface area contributed by atoms with Crippen LogP contribution in [-0.2, 0) is 19.1 Å². The summed E-state index contributed by atoms with van der Waals surface area (Å²) in [5, 5.41) is 4.27. The zero-order chi connectivity index (χ0) is 19.6. The average Bonchev–Trinajstić information content (AvgIpc) is 3.03. The van der Waals surface area contributed by atoms with E-state index in [1.54, 1.807) is 30.5 Å². The molecule has 0 fully saturated rings. The molecule has 0 radical (unpaired) electrons. The number of benzene rings is 2. The van der Waals surface area contributed by atoms with Crippen LogP contribution in [0, 0.1) is 10.5 Å². The van der Waals surface area contributed by atoms with E-state index >= 15 is 0 Å². The molecule has 3 aromatic rings. The van der Waals surface area contributed by atoms with Gasteiger partial charge in [-0.1, -0.05) is 30.3 Å². The fourth-order valence-corrected chi connectivity index (χ4v) is 3.35. The lowest BCUT2D eigenvalue weighted by Crippen LogP contribution is -2.13. The molecule has 3 rings (SSSR count). The summed E-state index contributed by atoms with van der Waals surface area (Å²) in [4.78, 5) is 12.4. The number of carbonyl (C=O) groups is 1. The zero-order valence-corrected chi connectivity index (χ0v) is 16.6. The number of rotatable bonds is 5. The third-order valence-electron chi connectivity index (χ3n) is 4.19. The monoisotopic (exact) mass is 484 g/mol. The number of hydrogen-bond donors (Lipinski definition) is 0. The first-order valence-electron chi connectivity index (χ1n) is 8.21. The van der Waals surface area contributed by atoms with Gasteiger partial charge in [0.1, 0.15) is 0 Å². The van der Waals surface area contributed by atoms with E-state index in [9.17, 15) is 18.0 Å². The maximum Gasteiger partial charge on any atom is 0.416 e. The highest BCUT2D eigenvalue weighted by Gasteiger charge is 2.33. The highest BCUT2D eigenvalue weighted by atomic mass is 127. The third-order valence-corrected chi connectivity index (χ3v) is 4.86. The topological polar surface area (TPSA) is 34.9 Å². The van der Waals surface area contributed by atoms with Gasteiger partial charge in [0.25, 0.3) is 0 Å². The molecule has 0 aliphatic carbocycles. The van der Waals surface area contributed by atoms with E-state index < -0.39 is 11.7 Å². The molecule has 0 atom stereocenters. The van der Waals surface area contributed by atoms with Gasteiger partial charge in [-0.15, -0.1) is 0 Å². The largest absolute Gasteiger partial charge is 0.416 e. The number of hydrogen-bond acceptors (Lipinski definition) is 2. The molecule has 27 heavy (non-hydrogen) atoms. The normalized spacial score (nSPS) is 11.6. The number of alkyl halides is 3. The molecule has 0 unspecified atom stereocenters. The SMILES string of the molecule is Cc1ccccc1C(=O)Cc1ccn(Cc2ccc(I)cc2C(F)(F)F)n1. The van der Waals surface area contributed by atoms with Gasteiger partial charge in [0, 0.05) is 15.3 Å². The second-order valence-corrected chi connectivity index (χ2v) is 7.46. The summed E-state index contributed by atoms with van der Waals surface area (Å²) in [7, 11) is 0. The number of Topliss-reactive ketones (excluding diaryl/α,β-unsaturated/α-hetero) is 1. The lowest BCUT2D eigenvalue weighted by atomic mass is 10.0. The molecule has 3 nitrogen and oxygen atoms in total. The quantitative estimate of drug-likeness (QED) is 0.365. The zero-order valence-electron chi connectivity index (χ0n) is 14.4. The van der Waals surface area contributed by atoms with Gasteiger partial charge in [-0.2, -0.15) is 18.3 Å². The van der Waals surface area contributed by atoms with Crippen molar-refractivity contribution in [3.8, 4) is 0 Å². The molecule has 0 N–H and O–H groups in total. The second kappa shape index (κ2) is 7.84. The van der Waals surface area contributed by atoms with Gasteiger partial charge in [-0.3, -0.25) is 9.48 Å². The van der Waals surface area contributed by atoms with Crippen molar-refractivity contribution in [2.24, 2.45) is 0 Å². The fourth-order valence-electron chi connectivity index (χ4n) is 2.86. The van der Waals surface area contributed by atoms with Gasteiger partial charge in [-0.25, -0.2) is 0 Å². The van der Waals surface area contributed by atoms with Gasteiger partial charge in [0.15, 0.2) is 5.78 Å². The molecule has 7 heteroatoms. The summed E-state index contributed by atoms with van der Waals surface area (Å²) in [6, 6.07) is 13.2. The highest BCUT2D eigenvalue weighted by molar-refractivity contribution is 14.1. The molecule has 0 bridgehead atoms. The first-order valence-corrected chi connectivity index (χ1v) is 9.28. The van der Waals surface area contributed by atoms with Crippen molar-refractivity contribution in [1.82, 2.24) is 9.78 Å².